The van der Waals surface area contributed by atoms with E-state index in [1.807, 2.05) is 25.1 Å². The Morgan fingerprint density at radius 1 is 1.17 bits per heavy atom. The molecule has 0 aliphatic heterocycles. The highest BCUT2D eigenvalue weighted by Gasteiger charge is 2.18. The first-order valence-corrected chi connectivity index (χ1v) is 9.16. The van der Waals surface area contributed by atoms with Crippen LogP contribution in [0.15, 0.2) is 52.9 Å². The Hall–Kier alpha value is -2.25. The van der Waals surface area contributed by atoms with E-state index in [-0.39, 0.29) is 18.0 Å². The van der Waals surface area contributed by atoms with Crippen molar-refractivity contribution in [1.29, 1.82) is 0 Å². The number of benzene rings is 2. The van der Waals surface area contributed by atoms with Crippen LogP contribution in [0.4, 0.5) is 4.39 Å². The van der Waals surface area contributed by atoms with Gasteiger partial charge in [0.05, 0.1) is 5.75 Å². The van der Waals surface area contributed by atoms with Crippen LogP contribution in [-0.4, -0.2) is 19.9 Å². The molecule has 0 aliphatic rings. The topological polar surface area (TPSA) is 72.2 Å². The summed E-state index contributed by atoms with van der Waals surface area (Å²) < 4.78 is 46.0. The Morgan fingerprint density at radius 3 is 2.62 bits per heavy atom. The van der Waals surface area contributed by atoms with Gasteiger partial charge in [0.15, 0.2) is 11.5 Å². The number of para-hydroxylation sites is 2. The van der Waals surface area contributed by atoms with Gasteiger partial charge < -0.3 is 4.42 Å². The van der Waals surface area contributed by atoms with Crippen molar-refractivity contribution in [2.24, 2.45) is 0 Å². The van der Waals surface area contributed by atoms with E-state index in [0.717, 1.165) is 5.52 Å². The maximum Gasteiger partial charge on any atom is 0.215 e. The molecule has 126 valence electrons. The summed E-state index contributed by atoms with van der Waals surface area (Å²) in [5, 5.41) is 0. The third-order valence-electron chi connectivity index (χ3n) is 3.64. The highest BCUT2D eigenvalue weighted by Crippen LogP contribution is 2.21. The van der Waals surface area contributed by atoms with Crippen molar-refractivity contribution in [3.05, 3.63) is 65.8 Å². The van der Waals surface area contributed by atoms with Crippen LogP contribution in [0, 0.1) is 5.82 Å². The van der Waals surface area contributed by atoms with Crippen molar-refractivity contribution in [2.75, 3.05) is 6.54 Å². The van der Waals surface area contributed by atoms with E-state index in [1.54, 1.807) is 12.1 Å². The van der Waals surface area contributed by atoms with Gasteiger partial charge in [-0.1, -0.05) is 37.3 Å². The minimum absolute atomic E-state index is 0.129. The molecule has 1 aromatic heterocycles. The van der Waals surface area contributed by atoms with Crippen molar-refractivity contribution in [3.63, 3.8) is 0 Å². The van der Waals surface area contributed by atoms with Crippen LogP contribution >= 0.6 is 0 Å². The minimum atomic E-state index is -3.65. The van der Waals surface area contributed by atoms with Crippen LogP contribution < -0.4 is 4.72 Å². The van der Waals surface area contributed by atoms with Crippen LogP contribution in [0.2, 0.25) is 0 Å². The van der Waals surface area contributed by atoms with E-state index < -0.39 is 21.6 Å². The SMILES string of the molecule is CC(CNS(=O)(=O)Cc1ccccc1F)c1nc2ccccc2o1. The zero-order valence-electron chi connectivity index (χ0n) is 13.1. The molecule has 24 heavy (non-hydrogen) atoms. The highest BCUT2D eigenvalue weighted by atomic mass is 32.2. The number of nitrogens with zero attached hydrogens (tertiary/aromatic N) is 1. The van der Waals surface area contributed by atoms with Gasteiger partial charge >= 0.3 is 0 Å². The first kappa shape index (κ1) is 16.6. The van der Waals surface area contributed by atoms with Gasteiger partial charge in [0, 0.05) is 18.0 Å². The molecule has 7 heteroatoms. The second kappa shape index (κ2) is 6.70. The molecule has 0 fully saturated rings. The zero-order chi connectivity index (χ0) is 17.2. The average molecular weight is 348 g/mol. The molecular formula is C17H17FN2O3S. The van der Waals surface area contributed by atoms with Crippen LogP contribution in [-0.2, 0) is 15.8 Å². The number of nitrogens with one attached hydrogen (secondary N) is 1. The van der Waals surface area contributed by atoms with E-state index in [1.165, 1.54) is 18.2 Å². The molecule has 0 bridgehead atoms. The molecule has 0 amide bonds. The number of aromatic nitrogens is 1. The Kier molecular flexibility index (Phi) is 4.64. The molecule has 1 atom stereocenters. The third kappa shape index (κ3) is 3.80. The molecule has 0 radical (unpaired) electrons. The van der Waals surface area contributed by atoms with Crippen molar-refractivity contribution in [3.8, 4) is 0 Å². The summed E-state index contributed by atoms with van der Waals surface area (Å²) >= 11 is 0. The summed E-state index contributed by atoms with van der Waals surface area (Å²) in [5.74, 6) is -0.715. The predicted molar refractivity (Wildman–Crippen MR) is 89.5 cm³/mol. The fraction of sp³-hybridized carbons (Fsp3) is 0.235. The lowest BCUT2D eigenvalue weighted by Crippen LogP contribution is -2.29. The number of hydrogen-bond donors (Lipinski definition) is 1. The van der Waals surface area contributed by atoms with Crippen LogP contribution in [0.25, 0.3) is 11.1 Å². The molecule has 3 aromatic rings. The Bertz CT molecular complexity index is 920. The quantitative estimate of drug-likeness (QED) is 0.742. The first-order valence-electron chi connectivity index (χ1n) is 7.51. The Balaban J connectivity index is 1.66. The van der Waals surface area contributed by atoms with Crippen LogP contribution in [0.3, 0.4) is 0 Å². The second-order valence-electron chi connectivity index (χ2n) is 5.62. The Morgan fingerprint density at radius 2 is 1.88 bits per heavy atom. The number of sulfonamides is 1. The molecule has 0 aliphatic carbocycles. The van der Waals surface area contributed by atoms with E-state index in [0.29, 0.717) is 11.5 Å². The molecule has 5 nitrogen and oxygen atoms in total. The van der Waals surface area contributed by atoms with Gasteiger partial charge in [-0.2, -0.15) is 0 Å². The lowest BCUT2D eigenvalue weighted by molar-refractivity contribution is 0.480. The number of rotatable bonds is 6. The Labute approximate surface area is 139 Å². The van der Waals surface area contributed by atoms with Gasteiger partial charge in [-0.05, 0) is 18.2 Å². The predicted octanol–water partition coefficient (Wildman–Crippen LogP) is 3.19. The van der Waals surface area contributed by atoms with Gasteiger partial charge in [0.2, 0.25) is 10.0 Å². The molecule has 1 unspecified atom stereocenters. The van der Waals surface area contributed by atoms with Crippen molar-refractivity contribution >= 4 is 21.1 Å². The van der Waals surface area contributed by atoms with Gasteiger partial charge in [0.1, 0.15) is 11.3 Å². The highest BCUT2D eigenvalue weighted by molar-refractivity contribution is 7.88. The largest absolute Gasteiger partial charge is 0.440 e. The number of oxazole rings is 1. The third-order valence-corrected chi connectivity index (χ3v) is 4.94. The molecular weight excluding hydrogens is 331 g/mol. The zero-order valence-corrected chi connectivity index (χ0v) is 13.9. The molecule has 0 saturated heterocycles. The molecule has 0 saturated carbocycles. The maximum absolute atomic E-state index is 13.6. The van der Waals surface area contributed by atoms with Crippen LogP contribution in [0.1, 0.15) is 24.3 Å². The summed E-state index contributed by atoms with van der Waals surface area (Å²) in [6.07, 6.45) is 0. The average Bonchev–Trinajstić information content (AvgIpc) is 2.99. The summed E-state index contributed by atoms with van der Waals surface area (Å²) in [7, 11) is -3.65. The van der Waals surface area contributed by atoms with E-state index in [4.69, 9.17) is 4.42 Å². The van der Waals surface area contributed by atoms with E-state index in [2.05, 4.69) is 9.71 Å². The number of halogens is 1. The first-order chi connectivity index (χ1) is 11.4. The fourth-order valence-corrected chi connectivity index (χ4v) is 3.56. The maximum atomic E-state index is 13.6. The second-order valence-corrected chi connectivity index (χ2v) is 7.43. The van der Waals surface area contributed by atoms with Gasteiger partial charge in [-0.15, -0.1) is 0 Å². The normalized spacial score (nSPS) is 13.2. The number of fused-ring (bicyclic) bond motifs is 1. The molecule has 0 spiro atoms. The fourth-order valence-electron chi connectivity index (χ4n) is 2.31. The van der Waals surface area contributed by atoms with Crippen molar-refractivity contribution < 1.29 is 17.2 Å². The molecule has 1 heterocycles. The van der Waals surface area contributed by atoms with E-state index in [9.17, 15) is 12.8 Å². The summed E-state index contributed by atoms with van der Waals surface area (Å²) in [6, 6.07) is 13.2. The number of hydrogen-bond acceptors (Lipinski definition) is 4. The standard InChI is InChI=1S/C17H17FN2O3S/c1-12(17-20-15-8-4-5-9-16(15)23-17)10-19-24(21,22)11-13-6-2-3-7-14(13)18/h2-9,12,19H,10-11H2,1H3. The van der Waals surface area contributed by atoms with Gasteiger partial charge in [-0.3, -0.25) is 0 Å². The summed E-state index contributed by atoms with van der Waals surface area (Å²) in [6.45, 7) is 1.94. The smallest absolute Gasteiger partial charge is 0.215 e. The summed E-state index contributed by atoms with van der Waals surface area (Å²) in [4.78, 5) is 4.35. The van der Waals surface area contributed by atoms with Crippen LogP contribution in [0.5, 0.6) is 0 Å². The lowest BCUT2D eigenvalue weighted by atomic mass is 10.2. The monoisotopic (exact) mass is 348 g/mol. The minimum Gasteiger partial charge on any atom is -0.440 e. The van der Waals surface area contributed by atoms with Gasteiger partial charge in [0.25, 0.3) is 0 Å². The molecule has 2 aromatic carbocycles. The lowest BCUT2D eigenvalue weighted by Gasteiger charge is -2.10. The van der Waals surface area contributed by atoms with E-state index >= 15 is 0 Å². The molecule has 1 N–H and O–H groups in total. The van der Waals surface area contributed by atoms with Crippen molar-refractivity contribution in [1.82, 2.24) is 9.71 Å². The summed E-state index contributed by atoms with van der Waals surface area (Å²) in [5.41, 5.74) is 1.53. The van der Waals surface area contributed by atoms with Gasteiger partial charge in [-0.25, -0.2) is 22.5 Å². The molecule has 3 rings (SSSR count). The van der Waals surface area contributed by atoms with Crippen molar-refractivity contribution in [2.45, 2.75) is 18.6 Å².